The molecule has 1 aromatic rings. The molecule has 11 heavy (non-hydrogen) atoms. The topological polar surface area (TPSA) is 0 Å². The summed E-state index contributed by atoms with van der Waals surface area (Å²) in [5, 5.41) is 0. The van der Waals surface area contributed by atoms with E-state index in [9.17, 15) is 0 Å². The van der Waals surface area contributed by atoms with Crippen molar-refractivity contribution in [2.45, 2.75) is 26.5 Å². The lowest BCUT2D eigenvalue weighted by atomic mass is 9.76. The Bertz CT molecular complexity index is 201. The van der Waals surface area contributed by atoms with Crippen molar-refractivity contribution >= 4 is 7.28 Å². The van der Waals surface area contributed by atoms with E-state index in [1.807, 2.05) is 0 Å². The maximum absolute atomic E-state index is 2.21. The number of hydrogen-bond acceptors (Lipinski definition) is 0. The molecule has 0 bridgehead atoms. The molecule has 1 radical (unpaired) electrons. The van der Waals surface area contributed by atoms with Crippen LogP contribution < -0.4 is 0 Å². The van der Waals surface area contributed by atoms with E-state index in [1.165, 1.54) is 23.9 Å². The summed E-state index contributed by atoms with van der Waals surface area (Å²) in [5.74, 6) is 0. The fraction of sp³-hybridized carbons (Fsp3) is 0.400. The minimum atomic E-state index is 1.18. The SMILES string of the molecule is C[B]CCc1ccc(C)cc1. The minimum absolute atomic E-state index is 1.18. The lowest BCUT2D eigenvalue weighted by Gasteiger charge is -1.98. The Hall–Kier alpha value is -0.715. The van der Waals surface area contributed by atoms with Crippen LogP contribution in [0.5, 0.6) is 0 Å². The van der Waals surface area contributed by atoms with E-state index in [0.717, 1.165) is 0 Å². The molecular formula is C10H14B. The molecule has 0 atom stereocenters. The summed E-state index contributed by atoms with van der Waals surface area (Å²) >= 11 is 0. The predicted molar refractivity (Wildman–Crippen MR) is 51.3 cm³/mol. The van der Waals surface area contributed by atoms with Gasteiger partial charge in [-0.15, -0.1) is 0 Å². The lowest BCUT2D eigenvalue weighted by molar-refractivity contribution is 1.12. The van der Waals surface area contributed by atoms with E-state index in [0.29, 0.717) is 0 Å². The molecule has 1 aromatic carbocycles. The van der Waals surface area contributed by atoms with Crippen molar-refractivity contribution < 1.29 is 0 Å². The van der Waals surface area contributed by atoms with Crippen LogP contribution in [0.25, 0.3) is 0 Å². The van der Waals surface area contributed by atoms with E-state index in [2.05, 4.69) is 45.3 Å². The third kappa shape index (κ3) is 2.79. The van der Waals surface area contributed by atoms with Crippen molar-refractivity contribution in [3.8, 4) is 0 Å². The molecule has 0 saturated carbocycles. The number of hydrogen-bond donors (Lipinski definition) is 0. The highest BCUT2D eigenvalue weighted by Crippen LogP contribution is 2.05. The van der Waals surface area contributed by atoms with Gasteiger partial charge in [-0.05, 0) is 18.9 Å². The maximum atomic E-state index is 2.21. The van der Waals surface area contributed by atoms with Gasteiger partial charge in [0, 0.05) is 0 Å². The second-order valence-corrected chi connectivity index (χ2v) is 2.93. The Kier molecular flexibility index (Phi) is 3.22. The van der Waals surface area contributed by atoms with Crippen LogP contribution in [0.3, 0.4) is 0 Å². The van der Waals surface area contributed by atoms with Crippen LogP contribution in [0, 0.1) is 6.92 Å². The molecule has 0 amide bonds. The van der Waals surface area contributed by atoms with Crippen LogP contribution in [0.1, 0.15) is 11.1 Å². The Balaban J connectivity index is 2.52. The van der Waals surface area contributed by atoms with Gasteiger partial charge in [0.15, 0.2) is 0 Å². The highest BCUT2D eigenvalue weighted by molar-refractivity contribution is 6.33. The summed E-state index contributed by atoms with van der Waals surface area (Å²) in [5.41, 5.74) is 2.78. The van der Waals surface area contributed by atoms with Crippen LogP contribution in [0.2, 0.25) is 13.1 Å². The van der Waals surface area contributed by atoms with Gasteiger partial charge in [0.2, 0.25) is 0 Å². The average molecular weight is 145 g/mol. The molecule has 0 fully saturated rings. The van der Waals surface area contributed by atoms with Crippen molar-refractivity contribution in [1.29, 1.82) is 0 Å². The molecule has 0 saturated heterocycles. The fourth-order valence-corrected chi connectivity index (χ4v) is 1.07. The first-order chi connectivity index (χ1) is 5.33. The predicted octanol–water partition coefficient (Wildman–Crippen LogP) is 2.71. The van der Waals surface area contributed by atoms with Crippen LogP contribution in [0.4, 0.5) is 0 Å². The summed E-state index contributed by atoms with van der Waals surface area (Å²) < 4.78 is 0. The summed E-state index contributed by atoms with van der Waals surface area (Å²) in [6.45, 7) is 4.23. The number of aryl methyl sites for hydroxylation is 2. The van der Waals surface area contributed by atoms with Gasteiger partial charge in [0.05, 0.1) is 0 Å². The second-order valence-electron chi connectivity index (χ2n) is 2.93. The van der Waals surface area contributed by atoms with Crippen molar-refractivity contribution in [2.75, 3.05) is 0 Å². The van der Waals surface area contributed by atoms with E-state index in [1.54, 1.807) is 0 Å². The monoisotopic (exact) mass is 145 g/mol. The normalized spacial score (nSPS) is 9.64. The standard InChI is InChI=1S/C10H14B/c1-9-3-5-10(6-4-9)7-8-11-2/h3-6H,7-8H2,1-2H3. The van der Waals surface area contributed by atoms with Crippen LogP contribution in [-0.2, 0) is 6.42 Å². The number of rotatable bonds is 3. The molecular weight excluding hydrogens is 131 g/mol. The molecule has 0 aromatic heterocycles. The van der Waals surface area contributed by atoms with Gasteiger partial charge in [-0.3, -0.25) is 0 Å². The van der Waals surface area contributed by atoms with E-state index in [4.69, 9.17) is 0 Å². The van der Waals surface area contributed by atoms with Gasteiger partial charge in [-0.2, -0.15) is 0 Å². The van der Waals surface area contributed by atoms with Gasteiger partial charge in [-0.25, -0.2) is 0 Å². The molecule has 1 rings (SSSR count). The van der Waals surface area contributed by atoms with E-state index in [-0.39, 0.29) is 0 Å². The quantitative estimate of drug-likeness (QED) is 0.573. The molecule has 0 aliphatic carbocycles. The molecule has 0 unspecified atom stereocenters. The first kappa shape index (κ1) is 8.38. The Labute approximate surface area is 69.9 Å². The molecule has 0 spiro atoms. The van der Waals surface area contributed by atoms with Gasteiger partial charge >= 0.3 is 0 Å². The summed E-state index contributed by atoms with van der Waals surface area (Å²) in [4.78, 5) is 0. The van der Waals surface area contributed by atoms with Crippen molar-refractivity contribution in [3.63, 3.8) is 0 Å². The first-order valence-electron chi connectivity index (χ1n) is 4.16. The molecule has 0 nitrogen and oxygen atoms in total. The van der Waals surface area contributed by atoms with Crippen LogP contribution >= 0.6 is 0 Å². The van der Waals surface area contributed by atoms with Crippen LogP contribution in [0.15, 0.2) is 24.3 Å². The second kappa shape index (κ2) is 4.22. The highest BCUT2D eigenvalue weighted by Gasteiger charge is 1.90. The van der Waals surface area contributed by atoms with Crippen molar-refractivity contribution in [3.05, 3.63) is 35.4 Å². The largest absolute Gasteiger partial charge is 0.106 e. The van der Waals surface area contributed by atoms with Gasteiger partial charge in [0.25, 0.3) is 0 Å². The van der Waals surface area contributed by atoms with E-state index < -0.39 is 0 Å². The van der Waals surface area contributed by atoms with Crippen molar-refractivity contribution in [1.82, 2.24) is 0 Å². The number of benzene rings is 1. The zero-order chi connectivity index (χ0) is 8.10. The fourth-order valence-electron chi connectivity index (χ4n) is 1.07. The summed E-state index contributed by atoms with van der Waals surface area (Å²) in [7, 11) is 2.21. The summed E-state index contributed by atoms with van der Waals surface area (Å²) in [6, 6.07) is 8.76. The van der Waals surface area contributed by atoms with Gasteiger partial charge in [-0.1, -0.05) is 43.0 Å². The zero-order valence-electron chi connectivity index (χ0n) is 7.30. The molecule has 57 valence electrons. The Morgan fingerprint density at radius 2 is 1.82 bits per heavy atom. The molecule has 0 heterocycles. The van der Waals surface area contributed by atoms with Crippen LogP contribution in [-0.4, -0.2) is 7.28 Å². The molecule has 1 heteroatoms. The molecule has 0 aliphatic heterocycles. The zero-order valence-corrected chi connectivity index (χ0v) is 7.30. The third-order valence-corrected chi connectivity index (χ3v) is 1.84. The van der Waals surface area contributed by atoms with E-state index >= 15 is 0 Å². The molecule has 0 N–H and O–H groups in total. The van der Waals surface area contributed by atoms with Gasteiger partial charge in [0.1, 0.15) is 7.28 Å². The highest BCUT2D eigenvalue weighted by atomic mass is 13.9. The maximum Gasteiger partial charge on any atom is 0.106 e. The third-order valence-electron chi connectivity index (χ3n) is 1.84. The molecule has 0 aliphatic rings. The lowest BCUT2D eigenvalue weighted by Crippen LogP contribution is -1.87. The minimum Gasteiger partial charge on any atom is -0.0920 e. The van der Waals surface area contributed by atoms with Crippen molar-refractivity contribution in [2.24, 2.45) is 0 Å². The Morgan fingerprint density at radius 3 is 2.36 bits per heavy atom. The first-order valence-corrected chi connectivity index (χ1v) is 4.16. The Morgan fingerprint density at radius 1 is 1.18 bits per heavy atom. The van der Waals surface area contributed by atoms with Gasteiger partial charge < -0.3 is 0 Å². The summed E-state index contributed by atoms with van der Waals surface area (Å²) in [6.07, 6.45) is 2.36. The average Bonchev–Trinajstić information content (AvgIpc) is 2.04. The smallest absolute Gasteiger partial charge is 0.0920 e.